The molecule has 29 heavy (non-hydrogen) atoms. The zero-order chi connectivity index (χ0) is 21.7. The van der Waals surface area contributed by atoms with Crippen LogP contribution in [0.15, 0.2) is 30.3 Å². The molecule has 0 aliphatic rings. The van der Waals surface area contributed by atoms with Gasteiger partial charge in [0.2, 0.25) is 5.91 Å². The van der Waals surface area contributed by atoms with Crippen LogP contribution in [0, 0.1) is 34.6 Å². The minimum atomic E-state index is -0.540. The van der Waals surface area contributed by atoms with Crippen molar-refractivity contribution < 1.29 is 19.1 Å². The first-order valence-corrected chi connectivity index (χ1v) is 9.44. The van der Waals surface area contributed by atoms with E-state index in [0.717, 1.165) is 27.8 Å². The molecule has 0 atom stereocenters. The number of esters is 1. The molecule has 154 valence electrons. The Bertz CT molecular complexity index is 927. The van der Waals surface area contributed by atoms with E-state index < -0.39 is 18.5 Å². The number of likely N-dealkylation sites (N-methyl/N-ethyl adjacent to an activating group) is 1. The van der Waals surface area contributed by atoms with Crippen molar-refractivity contribution in [3.05, 3.63) is 63.7 Å². The second kappa shape index (κ2) is 9.37. The van der Waals surface area contributed by atoms with Crippen LogP contribution in [-0.4, -0.2) is 42.9 Å². The van der Waals surface area contributed by atoms with Crippen molar-refractivity contribution in [1.29, 1.82) is 0 Å². The molecule has 0 radical (unpaired) electrons. The first-order chi connectivity index (χ1) is 13.6. The second-order valence-electron chi connectivity index (χ2n) is 7.47. The van der Waals surface area contributed by atoms with Crippen LogP contribution < -0.4 is 5.32 Å². The van der Waals surface area contributed by atoms with Crippen LogP contribution in [0.3, 0.4) is 0 Å². The van der Waals surface area contributed by atoms with Gasteiger partial charge in [-0.3, -0.25) is 9.59 Å². The first kappa shape index (κ1) is 22.1. The van der Waals surface area contributed by atoms with Crippen LogP contribution in [0.4, 0.5) is 5.69 Å². The summed E-state index contributed by atoms with van der Waals surface area (Å²) in [7, 11) is 1.50. The van der Waals surface area contributed by atoms with E-state index >= 15 is 0 Å². The zero-order valence-corrected chi connectivity index (χ0v) is 17.9. The molecule has 0 saturated carbocycles. The highest BCUT2D eigenvalue weighted by atomic mass is 16.5. The number of aryl methyl sites for hydroxylation is 5. The smallest absolute Gasteiger partial charge is 0.339 e. The minimum Gasteiger partial charge on any atom is -0.452 e. The van der Waals surface area contributed by atoms with Crippen LogP contribution in [-0.2, 0) is 14.3 Å². The number of ether oxygens (including phenoxy) is 1. The van der Waals surface area contributed by atoms with E-state index in [-0.39, 0.29) is 12.5 Å². The molecule has 2 amide bonds. The van der Waals surface area contributed by atoms with Gasteiger partial charge in [0.25, 0.3) is 5.91 Å². The van der Waals surface area contributed by atoms with Gasteiger partial charge in [-0.05, 0) is 62.9 Å². The number of hydrogen-bond acceptors (Lipinski definition) is 4. The predicted molar refractivity (Wildman–Crippen MR) is 113 cm³/mol. The molecule has 0 spiro atoms. The molecule has 2 aromatic carbocycles. The number of hydrogen-bond donors (Lipinski definition) is 1. The number of nitrogens with one attached hydrogen (secondary N) is 1. The van der Waals surface area contributed by atoms with Crippen LogP contribution in [0.25, 0.3) is 0 Å². The fourth-order valence-corrected chi connectivity index (χ4v) is 3.18. The Morgan fingerprint density at radius 1 is 0.897 bits per heavy atom. The summed E-state index contributed by atoms with van der Waals surface area (Å²) in [6.07, 6.45) is 0. The molecule has 0 aliphatic heterocycles. The number of amides is 2. The monoisotopic (exact) mass is 396 g/mol. The highest BCUT2D eigenvalue weighted by Gasteiger charge is 2.19. The van der Waals surface area contributed by atoms with Gasteiger partial charge in [-0.25, -0.2) is 4.79 Å². The van der Waals surface area contributed by atoms with Crippen LogP contribution in [0.2, 0.25) is 0 Å². The van der Waals surface area contributed by atoms with E-state index in [1.54, 1.807) is 0 Å². The molecule has 1 N–H and O–H groups in total. The fourth-order valence-electron chi connectivity index (χ4n) is 3.18. The maximum atomic E-state index is 12.4. The lowest BCUT2D eigenvalue weighted by Crippen LogP contribution is -2.37. The van der Waals surface area contributed by atoms with Gasteiger partial charge >= 0.3 is 5.97 Å². The molecule has 6 nitrogen and oxygen atoms in total. The summed E-state index contributed by atoms with van der Waals surface area (Å²) in [5.41, 5.74) is 5.83. The Morgan fingerprint density at radius 2 is 1.52 bits per heavy atom. The molecule has 6 heteroatoms. The summed E-state index contributed by atoms with van der Waals surface area (Å²) in [4.78, 5) is 38.2. The molecular formula is C23H28N2O4. The zero-order valence-electron chi connectivity index (χ0n) is 17.9. The number of anilines is 1. The largest absolute Gasteiger partial charge is 0.452 e. The molecule has 0 unspecified atom stereocenters. The van der Waals surface area contributed by atoms with Gasteiger partial charge in [0.15, 0.2) is 6.61 Å². The molecule has 0 aromatic heterocycles. The maximum Gasteiger partial charge on any atom is 0.339 e. The van der Waals surface area contributed by atoms with E-state index in [4.69, 9.17) is 4.74 Å². The maximum absolute atomic E-state index is 12.4. The quantitative estimate of drug-likeness (QED) is 0.759. The molecule has 0 saturated heterocycles. The second-order valence-corrected chi connectivity index (χ2v) is 7.47. The summed E-state index contributed by atoms with van der Waals surface area (Å²) in [6.45, 7) is 8.92. The molecular weight excluding hydrogens is 368 g/mol. The third-order valence-electron chi connectivity index (χ3n) is 4.68. The van der Waals surface area contributed by atoms with Crippen LogP contribution >= 0.6 is 0 Å². The van der Waals surface area contributed by atoms with E-state index in [0.29, 0.717) is 11.3 Å². The Kier molecular flexibility index (Phi) is 7.15. The third-order valence-corrected chi connectivity index (χ3v) is 4.68. The molecule has 2 rings (SSSR count). The summed E-state index contributed by atoms with van der Waals surface area (Å²) < 4.78 is 5.19. The number of carbonyl (C=O) groups is 3. The molecule has 0 heterocycles. The number of nitrogens with zero attached hydrogens (tertiary/aromatic N) is 1. The van der Waals surface area contributed by atoms with Crippen LogP contribution in [0.1, 0.15) is 38.2 Å². The van der Waals surface area contributed by atoms with Gasteiger partial charge < -0.3 is 15.0 Å². The summed E-state index contributed by atoms with van der Waals surface area (Å²) in [5, 5.41) is 2.81. The average Bonchev–Trinajstić information content (AvgIpc) is 2.61. The lowest BCUT2D eigenvalue weighted by molar-refractivity contribution is -0.136. The highest BCUT2D eigenvalue weighted by Crippen LogP contribution is 2.18. The normalized spacial score (nSPS) is 10.4. The van der Waals surface area contributed by atoms with Gasteiger partial charge in [0, 0.05) is 12.7 Å². The lowest BCUT2D eigenvalue weighted by Gasteiger charge is -2.18. The number of carbonyl (C=O) groups excluding carboxylic acids is 3. The Hall–Kier alpha value is -3.15. The van der Waals surface area contributed by atoms with Crippen molar-refractivity contribution in [2.24, 2.45) is 0 Å². The summed E-state index contributed by atoms with van der Waals surface area (Å²) >= 11 is 0. The van der Waals surface area contributed by atoms with E-state index in [2.05, 4.69) is 5.32 Å². The number of rotatable bonds is 6. The highest BCUT2D eigenvalue weighted by molar-refractivity contribution is 5.96. The standard InChI is InChI=1S/C23H28N2O4/c1-14-7-8-16(3)19(11-14)24-20(26)12-25(6)21(27)13-29-23(28)22-17(4)9-15(2)10-18(22)5/h7-11H,12-13H2,1-6H3,(H,24,26). The summed E-state index contributed by atoms with van der Waals surface area (Å²) in [5.74, 6) is -1.30. The average molecular weight is 396 g/mol. The molecule has 2 aromatic rings. The van der Waals surface area contributed by atoms with Crippen molar-refractivity contribution in [2.75, 3.05) is 25.5 Å². The fraction of sp³-hybridized carbons (Fsp3) is 0.348. The Labute approximate surface area is 171 Å². The van der Waals surface area contributed by atoms with Gasteiger partial charge in [-0.1, -0.05) is 29.8 Å². The summed E-state index contributed by atoms with van der Waals surface area (Å²) in [6, 6.07) is 9.56. The first-order valence-electron chi connectivity index (χ1n) is 9.44. The predicted octanol–water partition coefficient (Wildman–Crippen LogP) is 3.48. The molecule has 0 aliphatic carbocycles. The van der Waals surface area contributed by atoms with Crippen molar-refractivity contribution >= 4 is 23.5 Å². The Morgan fingerprint density at radius 3 is 2.14 bits per heavy atom. The number of benzene rings is 2. The van der Waals surface area contributed by atoms with Crippen molar-refractivity contribution in [3.63, 3.8) is 0 Å². The van der Waals surface area contributed by atoms with Gasteiger partial charge in [0.05, 0.1) is 12.1 Å². The molecule has 0 fully saturated rings. The van der Waals surface area contributed by atoms with Gasteiger partial charge in [0.1, 0.15) is 0 Å². The lowest BCUT2D eigenvalue weighted by atomic mass is 10.00. The Balaban J connectivity index is 1.91. The minimum absolute atomic E-state index is 0.133. The van der Waals surface area contributed by atoms with Gasteiger partial charge in [-0.2, -0.15) is 0 Å². The van der Waals surface area contributed by atoms with Crippen molar-refractivity contribution in [2.45, 2.75) is 34.6 Å². The van der Waals surface area contributed by atoms with Crippen LogP contribution in [0.5, 0.6) is 0 Å². The van der Waals surface area contributed by atoms with Gasteiger partial charge in [-0.15, -0.1) is 0 Å². The van der Waals surface area contributed by atoms with E-state index in [1.165, 1.54) is 11.9 Å². The molecule has 0 bridgehead atoms. The topological polar surface area (TPSA) is 75.7 Å². The van der Waals surface area contributed by atoms with E-state index in [9.17, 15) is 14.4 Å². The van der Waals surface area contributed by atoms with Crippen molar-refractivity contribution in [1.82, 2.24) is 4.90 Å². The SMILES string of the molecule is Cc1cc(C)c(C(=O)OCC(=O)N(C)CC(=O)Nc2cc(C)ccc2C)c(C)c1. The van der Waals surface area contributed by atoms with Crippen molar-refractivity contribution in [3.8, 4) is 0 Å². The van der Waals surface area contributed by atoms with E-state index in [1.807, 2.05) is 65.0 Å². The third kappa shape index (κ3) is 5.91.